The predicted molar refractivity (Wildman–Crippen MR) is 426 cm³/mol. The quantitative estimate of drug-likeness (QED) is 0.00947. The molecule has 117 heavy (non-hydrogen) atoms. The lowest BCUT2D eigenvalue weighted by Crippen LogP contribution is -2.60. The van der Waals surface area contributed by atoms with Crippen LogP contribution in [0.2, 0.25) is 0 Å². The molecule has 1 aromatic rings. The summed E-state index contributed by atoms with van der Waals surface area (Å²) in [5.74, 6) is -14.7. The first-order chi connectivity index (χ1) is 56.3. The largest absolute Gasteiger partial charge is 0.481 e. The van der Waals surface area contributed by atoms with Crippen LogP contribution < -0.4 is 86.3 Å². The summed E-state index contributed by atoms with van der Waals surface area (Å²) in [5.41, 5.74) is 16.5. The summed E-state index contributed by atoms with van der Waals surface area (Å²) in [6.45, 7) is 4.40. The van der Waals surface area contributed by atoms with Crippen LogP contribution in [0, 0.1) is 0 Å². The topological polar surface area (TPSA) is 637 Å². The molecule has 0 saturated carbocycles. The third-order valence-corrected chi connectivity index (χ3v) is 17.1. The van der Waals surface area contributed by atoms with E-state index >= 15 is 0 Å². The average molecular weight is 1720 g/mol. The smallest absolute Gasteiger partial charge is 0.305 e. The Labute approximate surface area is 691 Å². The maximum Gasteiger partial charge on any atom is 0.305 e. The lowest BCUT2D eigenvalue weighted by Gasteiger charge is -2.26. The van der Waals surface area contributed by atoms with Gasteiger partial charge in [0.05, 0.1) is 124 Å². The summed E-state index contributed by atoms with van der Waals surface area (Å²) in [7, 11) is 0. The Kier molecular flexibility index (Phi) is 59.1. The van der Waals surface area contributed by atoms with Gasteiger partial charge in [0.15, 0.2) is 12.6 Å². The molecule has 1 aliphatic rings. The number of benzene rings is 1. The first-order valence-corrected chi connectivity index (χ1v) is 39.7. The molecule has 1 fully saturated rings. The van der Waals surface area contributed by atoms with Crippen molar-refractivity contribution in [2.24, 2.45) is 27.3 Å². The Morgan fingerprint density at radius 2 is 0.872 bits per heavy atom. The number of nitrogens with two attached hydrogens (primary N) is 3. The number of primary amides is 1. The first-order valence-electron chi connectivity index (χ1n) is 37.3. The number of aliphatic carboxylic acids is 1. The van der Waals surface area contributed by atoms with Crippen LogP contribution in [0.3, 0.4) is 0 Å². The Morgan fingerprint density at radius 1 is 0.462 bits per heavy atom. The van der Waals surface area contributed by atoms with Crippen molar-refractivity contribution in [1.29, 1.82) is 0 Å². The summed E-state index contributed by atoms with van der Waals surface area (Å²) in [5, 5.41) is 45.8. The molecule has 660 valence electrons. The maximum atomic E-state index is 14.6. The minimum Gasteiger partial charge on any atom is -0.481 e. The van der Waals surface area contributed by atoms with Crippen molar-refractivity contribution in [3.8, 4) is 0 Å². The molecule has 20 N–H and O–H groups in total. The molecular formula is C69H114N18O27S3. The number of hydrogen-bond acceptors (Lipinski definition) is 31. The van der Waals surface area contributed by atoms with E-state index in [-0.39, 0.29) is 167 Å². The van der Waals surface area contributed by atoms with Crippen LogP contribution in [0.15, 0.2) is 40.5 Å². The van der Waals surface area contributed by atoms with E-state index in [0.29, 0.717) is 58.4 Å². The summed E-state index contributed by atoms with van der Waals surface area (Å²) < 4.78 is 53.9. The Bertz CT molecular complexity index is 3220. The van der Waals surface area contributed by atoms with Crippen LogP contribution in [0.5, 0.6) is 0 Å². The van der Waals surface area contributed by atoms with E-state index in [9.17, 15) is 77.0 Å². The third-order valence-electron chi connectivity index (χ3n) is 15.3. The molecule has 7 atom stereocenters. The highest BCUT2D eigenvalue weighted by Gasteiger charge is 2.34. The van der Waals surface area contributed by atoms with Gasteiger partial charge in [-0.25, -0.2) is 0 Å². The van der Waals surface area contributed by atoms with E-state index in [2.05, 4.69) is 116 Å². The van der Waals surface area contributed by atoms with Gasteiger partial charge in [-0.1, -0.05) is 30.3 Å². The van der Waals surface area contributed by atoms with Crippen LogP contribution in [0.1, 0.15) is 44.1 Å². The molecular weight excluding hydrogens is 1610 g/mol. The molecule has 2 rings (SSSR count). The molecule has 0 unspecified atom stereocenters. The van der Waals surface area contributed by atoms with Crippen molar-refractivity contribution in [3.63, 3.8) is 0 Å². The van der Waals surface area contributed by atoms with Crippen molar-refractivity contribution < 1.29 is 129 Å². The van der Waals surface area contributed by atoms with E-state index in [1.165, 1.54) is 0 Å². The summed E-state index contributed by atoms with van der Waals surface area (Å²) >= 11 is 9.37. The highest BCUT2D eigenvalue weighted by molar-refractivity contribution is 8.00. The van der Waals surface area contributed by atoms with Crippen LogP contribution in [-0.4, -0.2) is 356 Å². The zero-order valence-electron chi connectivity index (χ0n) is 65.2. The maximum absolute atomic E-state index is 14.6. The molecule has 0 spiro atoms. The highest BCUT2D eigenvalue weighted by atomic mass is 32.2. The van der Waals surface area contributed by atoms with Gasteiger partial charge in [-0.05, 0) is 37.7 Å². The standard InChI is InChI=1S/C69H114N18O27S3/c1-73-114-41-59(93)77-16-20-106-24-28-110-31-33-111-32-30-109-27-23-105-19-15-76-58(92)40-113-39-56(90)74-12-6-5-10-48-64(99)85-51(42-115)67(102)83-47(11-7-13-79-69(71)72)62(97)80-36-55(89)82-50(35-61(95)96)66(101)86-52(43-116)68(103)84-49(34-46-8-3-2-4-9-46)65(100)87-53(44-117-45-60(94)81-48)63(98)78-17-21-107-25-29-108-26-22-104-18-14-75-57(91)38-112-37-54(70)88/h2-4,8-9,47-53,115-116H,1,5-7,10-45H2,(H2,70,88)(H,74,90)(H,75,91)(H,76,92)(H,77,93)(H,78,98)(H,80,97)(H,81,94)(H,82,89)(H,83,102)(H,84,103)(H,85,99)(H,86,101)(H,87,100)(H,95,96)(H4,71,72,79)/t47-,48-,49-,50-,51-,52-,53-/m0/s1. The molecule has 0 bridgehead atoms. The summed E-state index contributed by atoms with van der Waals surface area (Å²) in [4.78, 5) is 206. The van der Waals surface area contributed by atoms with Gasteiger partial charge in [-0.2, -0.15) is 25.3 Å². The van der Waals surface area contributed by atoms with Crippen molar-refractivity contribution in [2.75, 3.05) is 208 Å². The Balaban J connectivity index is 2.23. The van der Waals surface area contributed by atoms with Crippen molar-refractivity contribution in [2.45, 2.75) is 87.2 Å². The number of aliphatic imine (C=N–C) groups is 1. The second-order valence-electron chi connectivity index (χ2n) is 24.8. The van der Waals surface area contributed by atoms with Gasteiger partial charge in [-0.15, -0.1) is 16.9 Å². The van der Waals surface area contributed by atoms with Gasteiger partial charge in [0.25, 0.3) is 5.91 Å². The van der Waals surface area contributed by atoms with Gasteiger partial charge >= 0.3 is 5.97 Å². The van der Waals surface area contributed by atoms with E-state index < -0.39 is 169 Å². The van der Waals surface area contributed by atoms with E-state index in [1.54, 1.807) is 30.3 Å². The van der Waals surface area contributed by atoms with Crippen LogP contribution in [0.4, 0.5) is 0 Å². The molecule has 0 radical (unpaired) electrons. The number of carboxylic acid groups (broad SMARTS) is 1. The van der Waals surface area contributed by atoms with E-state index in [0.717, 1.165) is 11.8 Å². The summed E-state index contributed by atoms with van der Waals surface area (Å²) in [6, 6.07) is -2.52. The second kappa shape index (κ2) is 66.7. The van der Waals surface area contributed by atoms with Crippen molar-refractivity contribution in [3.05, 3.63) is 35.9 Å². The van der Waals surface area contributed by atoms with Crippen molar-refractivity contribution >= 4 is 138 Å². The van der Waals surface area contributed by atoms with Gasteiger partial charge in [0, 0.05) is 69.7 Å². The molecule has 1 heterocycles. The number of ether oxygens (including phenoxy) is 10. The minimum absolute atomic E-state index is 0.0315. The van der Waals surface area contributed by atoms with Crippen LogP contribution in [0.25, 0.3) is 0 Å². The monoisotopic (exact) mass is 1720 g/mol. The van der Waals surface area contributed by atoms with Gasteiger partial charge in [0.1, 0.15) is 68.7 Å². The van der Waals surface area contributed by atoms with Crippen molar-refractivity contribution in [1.82, 2.24) is 69.1 Å². The fourth-order valence-electron chi connectivity index (χ4n) is 9.63. The number of amides is 14. The van der Waals surface area contributed by atoms with Gasteiger partial charge < -0.3 is 144 Å². The lowest BCUT2D eigenvalue weighted by atomic mass is 10.0. The zero-order chi connectivity index (χ0) is 86.1. The van der Waals surface area contributed by atoms with Gasteiger partial charge in [-0.3, -0.25) is 76.9 Å². The number of guanidine groups is 1. The number of hydrogen-bond donors (Lipinski definition) is 19. The number of thioether (sulfide) groups is 1. The number of carbonyl (C=O) groups excluding carboxylic acids is 14. The molecule has 0 aromatic heterocycles. The zero-order valence-corrected chi connectivity index (χ0v) is 67.8. The Hall–Kier alpha value is -9.34. The van der Waals surface area contributed by atoms with E-state index in [4.69, 9.17) is 64.6 Å². The lowest BCUT2D eigenvalue weighted by molar-refractivity contribution is -0.141. The van der Waals surface area contributed by atoms with Crippen LogP contribution >= 0.6 is 37.0 Å². The molecule has 1 saturated heterocycles. The SMILES string of the molecule is C=NOCC(=O)NCCOCCOCCOCCOCCOCCNC(=O)COCC(=O)NCCCC[C@@H]1NC(=O)CSC[C@@H](C(=O)NCCOCCOCCOCCNC(=O)COCC(N)=O)NC(=O)[C@H](Cc2ccccc2)NC(=O)[C@H](CS)NC(=O)[C@H](CC(=O)O)NC(=O)CNC(=O)[C@H](CCCN=C(N)N)NC(=O)[C@H](CS)NC1=O. The normalized spacial score (nSPS) is 18.2. The Morgan fingerprint density at radius 3 is 1.35 bits per heavy atom. The van der Waals surface area contributed by atoms with Gasteiger partial charge in [0.2, 0.25) is 76.8 Å². The van der Waals surface area contributed by atoms with Crippen LogP contribution in [-0.2, 0) is 131 Å². The number of thiol groups is 2. The first kappa shape index (κ1) is 104. The number of carboxylic acids is 1. The highest BCUT2D eigenvalue weighted by Crippen LogP contribution is 2.11. The molecule has 48 heteroatoms. The predicted octanol–water partition coefficient (Wildman–Crippen LogP) is -9.09. The average Bonchev–Trinajstić information content (AvgIpc) is 0.999. The van der Waals surface area contributed by atoms with E-state index in [1.807, 2.05) is 0 Å². The fourth-order valence-corrected chi connectivity index (χ4v) is 11.0. The fraction of sp³-hybridized carbons (Fsp3) is 0.667. The molecule has 0 aliphatic carbocycles. The minimum atomic E-state index is -1.88. The second-order valence-corrected chi connectivity index (χ2v) is 26.6. The summed E-state index contributed by atoms with van der Waals surface area (Å²) in [6.07, 6.45) is -1.10. The number of nitrogens with one attached hydrogen (secondary N) is 13. The number of oxime groups is 1. The molecule has 14 amide bonds. The molecule has 1 aromatic carbocycles. The molecule has 45 nitrogen and oxygen atoms in total. The number of carbonyl (C=O) groups is 15. The number of nitrogens with zero attached hydrogens (tertiary/aromatic N) is 2. The number of unbranched alkanes of at least 4 members (excludes halogenated alkanes) is 1. The molecule has 1 aliphatic heterocycles. The number of rotatable bonds is 57. The third kappa shape index (κ3) is 54.3.